The van der Waals surface area contributed by atoms with Gasteiger partial charge in [-0.1, -0.05) is 34.5 Å². The maximum Gasteiger partial charge on any atom is 0.150 e. The summed E-state index contributed by atoms with van der Waals surface area (Å²) in [5.74, 6) is -0.346. The summed E-state index contributed by atoms with van der Waals surface area (Å²) in [5.41, 5.74) is 2.11. The van der Waals surface area contributed by atoms with Crippen LogP contribution in [0.1, 0.15) is 18.2 Å². The fraction of sp³-hybridized carbons (Fsp3) is 0.250. The van der Waals surface area contributed by atoms with Crippen LogP contribution in [0, 0.1) is 12.7 Å². The topological polar surface area (TPSA) is 12.9 Å². The van der Waals surface area contributed by atoms with Crippen LogP contribution in [0.5, 0.6) is 0 Å². The minimum Gasteiger partial charge on any atom is -0.249 e. The normalized spacial score (nSPS) is 11.1. The number of hydrogen-bond donors (Lipinski definition) is 0. The van der Waals surface area contributed by atoms with Crippen molar-refractivity contribution < 1.29 is 4.39 Å². The van der Waals surface area contributed by atoms with Crippen molar-refractivity contribution >= 4 is 38.4 Å². The molecular formula is C12H10BrClFN. The summed E-state index contributed by atoms with van der Waals surface area (Å²) in [6.07, 6.45) is 0.747. The van der Waals surface area contributed by atoms with Gasteiger partial charge >= 0.3 is 0 Å². The Balaban J connectivity index is 2.92. The Morgan fingerprint density at radius 2 is 2.12 bits per heavy atom. The molecule has 2 aromatic rings. The number of rotatable bonds is 1. The van der Waals surface area contributed by atoms with Gasteiger partial charge in [-0.05, 0) is 31.0 Å². The number of benzene rings is 1. The van der Waals surface area contributed by atoms with E-state index in [4.69, 9.17) is 11.6 Å². The van der Waals surface area contributed by atoms with Crippen LogP contribution in [0.25, 0.3) is 10.9 Å². The first kappa shape index (κ1) is 11.8. The maximum atomic E-state index is 13.7. The Bertz CT molecular complexity index is 569. The zero-order valence-electron chi connectivity index (χ0n) is 8.94. The van der Waals surface area contributed by atoms with Gasteiger partial charge in [-0.3, -0.25) is 0 Å². The van der Waals surface area contributed by atoms with E-state index in [9.17, 15) is 4.39 Å². The Morgan fingerprint density at radius 3 is 2.75 bits per heavy atom. The second-order valence-electron chi connectivity index (χ2n) is 3.63. The first-order valence-electron chi connectivity index (χ1n) is 4.98. The minimum absolute atomic E-state index is 0.343. The molecule has 1 aromatic heterocycles. The largest absolute Gasteiger partial charge is 0.249 e. The van der Waals surface area contributed by atoms with E-state index in [-0.39, 0.29) is 5.82 Å². The zero-order valence-corrected chi connectivity index (χ0v) is 11.3. The minimum atomic E-state index is -0.346. The first-order valence-corrected chi connectivity index (χ1v) is 6.15. The summed E-state index contributed by atoms with van der Waals surface area (Å²) in [4.78, 5) is 4.31. The number of fused-ring (bicyclic) bond motifs is 1. The third-order valence-corrected chi connectivity index (χ3v) is 3.55. The summed E-state index contributed by atoms with van der Waals surface area (Å²) < 4.78 is 14.4. The van der Waals surface area contributed by atoms with Gasteiger partial charge in [-0.2, -0.15) is 0 Å². The molecule has 2 rings (SSSR count). The Hall–Kier alpha value is -0.670. The molecule has 4 heteroatoms. The average Bonchev–Trinajstić information content (AvgIpc) is 2.24. The van der Waals surface area contributed by atoms with Crippen LogP contribution in [0.3, 0.4) is 0 Å². The average molecular weight is 303 g/mol. The molecule has 0 unspecified atom stereocenters. The van der Waals surface area contributed by atoms with Gasteiger partial charge in [0, 0.05) is 15.6 Å². The number of hydrogen-bond acceptors (Lipinski definition) is 1. The lowest BCUT2D eigenvalue weighted by molar-refractivity contribution is 0.635. The highest BCUT2D eigenvalue weighted by Gasteiger charge is 2.12. The van der Waals surface area contributed by atoms with Crippen molar-refractivity contribution in [2.24, 2.45) is 0 Å². The summed E-state index contributed by atoms with van der Waals surface area (Å²) in [6, 6.07) is 3.20. The lowest BCUT2D eigenvalue weighted by atomic mass is 10.1. The first-order chi connectivity index (χ1) is 7.54. The summed E-state index contributed by atoms with van der Waals surface area (Å²) >= 11 is 9.48. The van der Waals surface area contributed by atoms with Crippen LogP contribution >= 0.6 is 27.5 Å². The van der Waals surface area contributed by atoms with Crippen molar-refractivity contribution in [1.29, 1.82) is 0 Å². The van der Waals surface area contributed by atoms with Gasteiger partial charge in [0.2, 0.25) is 0 Å². The van der Waals surface area contributed by atoms with E-state index in [1.807, 2.05) is 13.8 Å². The van der Waals surface area contributed by atoms with Gasteiger partial charge in [-0.15, -0.1) is 0 Å². The van der Waals surface area contributed by atoms with Crippen molar-refractivity contribution in [1.82, 2.24) is 4.98 Å². The fourth-order valence-electron chi connectivity index (χ4n) is 1.74. The van der Waals surface area contributed by atoms with Crippen LogP contribution in [0.15, 0.2) is 16.6 Å². The predicted molar refractivity (Wildman–Crippen MR) is 68.5 cm³/mol. The highest BCUT2D eigenvalue weighted by atomic mass is 79.9. The second kappa shape index (κ2) is 4.30. The Kier molecular flexibility index (Phi) is 3.17. The molecular weight excluding hydrogens is 292 g/mol. The third kappa shape index (κ3) is 1.82. The van der Waals surface area contributed by atoms with Crippen LogP contribution < -0.4 is 0 Å². The highest BCUT2D eigenvalue weighted by Crippen LogP contribution is 2.31. The van der Waals surface area contributed by atoms with E-state index in [1.165, 1.54) is 6.07 Å². The fourth-order valence-corrected chi connectivity index (χ4v) is 2.42. The molecule has 0 N–H and O–H groups in total. The summed E-state index contributed by atoms with van der Waals surface area (Å²) in [6.45, 7) is 3.89. The van der Waals surface area contributed by atoms with Crippen LogP contribution in [-0.4, -0.2) is 4.98 Å². The van der Waals surface area contributed by atoms with E-state index in [0.29, 0.717) is 20.4 Å². The number of pyridine rings is 1. The molecule has 1 nitrogen and oxygen atoms in total. The van der Waals surface area contributed by atoms with Crippen molar-refractivity contribution in [2.45, 2.75) is 20.3 Å². The number of halogens is 3. The molecule has 0 aliphatic rings. The molecule has 84 valence electrons. The lowest BCUT2D eigenvalue weighted by Gasteiger charge is -2.09. The van der Waals surface area contributed by atoms with Gasteiger partial charge in [0.1, 0.15) is 5.52 Å². The molecule has 0 saturated heterocycles. The highest BCUT2D eigenvalue weighted by molar-refractivity contribution is 9.10. The molecule has 0 spiro atoms. The molecule has 0 aliphatic heterocycles. The third-order valence-electron chi connectivity index (χ3n) is 2.61. The van der Waals surface area contributed by atoms with Crippen molar-refractivity contribution in [3.05, 3.63) is 38.7 Å². The Labute approximate surface area is 107 Å². The van der Waals surface area contributed by atoms with E-state index in [2.05, 4.69) is 20.9 Å². The summed E-state index contributed by atoms with van der Waals surface area (Å²) in [5, 5.41) is 1.24. The smallest absolute Gasteiger partial charge is 0.150 e. The molecule has 0 saturated carbocycles. The number of aryl methyl sites for hydroxylation is 1. The molecule has 1 aromatic carbocycles. The van der Waals surface area contributed by atoms with Crippen LogP contribution in [0.4, 0.5) is 4.39 Å². The molecule has 16 heavy (non-hydrogen) atoms. The molecule has 0 aliphatic carbocycles. The molecule has 0 bridgehead atoms. The van der Waals surface area contributed by atoms with Gasteiger partial charge in [0.05, 0.1) is 5.02 Å². The van der Waals surface area contributed by atoms with Crippen LogP contribution in [-0.2, 0) is 6.42 Å². The maximum absolute atomic E-state index is 13.7. The van der Waals surface area contributed by atoms with E-state index < -0.39 is 0 Å². The van der Waals surface area contributed by atoms with Crippen molar-refractivity contribution in [3.63, 3.8) is 0 Å². The van der Waals surface area contributed by atoms with E-state index >= 15 is 0 Å². The monoisotopic (exact) mass is 301 g/mol. The number of aromatic nitrogens is 1. The van der Waals surface area contributed by atoms with Crippen LogP contribution in [0.2, 0.25) is 5.02 Å². The zero-order chi connectivity index (χ0) is 11.9. The summed E-state index contributed by atoms with van der Waals surface area (Å²) in [7, 11) is 0. The van der Waals surface area contributed by atoms with E-state index in [0.717, 1.165) is 17.7 Å². The number of nitrogens with zero attached hydrogens (tertiary/aromatic N) is 1. The second-order valence-corrected chi connectivity index (χ2v) is 4.93. The molecule has 0 radical (unpaired) electrons. The van der Waals surface area contributed by atoms with Gasteiger partial charge < -0.3 is 0 Å². The molecule has 1 heterocycles. The van der Waals surface area contributed by atoms with Gasteiger partial charge in [-0.25, -0.2) is 9.37 Å². The SMILES string of the molecule is CCc1nc2c(F)cc(Br)cc2c(Cl)c1C. The molecule has 0 fully saturated rings. The van der Waals surface area contributed by atoms with Crippen molar-refractivity contribution in [3.8, 4) is 0 Å². The lowest BCUT2D eigenvalue weighted by Crippen LogP contribution is -1.96. The molecule has 0 amide bonds. The van der Waals surface area contributed by atoms with Gasteiger partial charge in [0.15, 0.2) is 5.82 Å². The van der Waals surface area contributed by atoms with E-state index in [1.54, 1.807) is 6.07 Å². The molecule has 0 atom stereocenters. The quantitative estimate of drug-likeness (QED) is 0.746. The standard InChI is InChI=1S/C12H10BrClFN/c1-3-10-6(2)11(14)8-4-7(13)5-9(15)12(8)16-10/h4-5H,3H2,1-2H3. The van der Waals surface area contributed by atoms with Crippen molar-refractivity contribution in [2.75, 3.05) is 0 Å². The Morgan fingerprint density at radius 1 is 1.44 bits per heavy atom. The predicted octanol–water partition coefficient (Wildman–Crippen LogP) is 4.66. The van der Waals surface area contributed by atoms with Gasteiger partial charge in [0.25, 0.3) is 0 Å².